The van der Waals surface area contributed by atoms with Gasteiger partial charge in [-0.05, 0) is 42.5 Å². The van der Waals surface area contributed by atoms with E-state index in [1.54, 1.807) is 48.5 Å². The minimum absolute atomic E-state index is 0.212. The number of nitriles is 1. The molecule has 11 heteroatoms. The number of carbonyl (C=O) groups is 3. The Labute approximate surface area is 176 Å². The zero-order valence-electron chi connectivity index (χ0n) is 16.1. The van der Waals surface area contributed by atoms with Gasteiger partial charge in [-0.1, -0.05) is 6.07 Å². The van der Waals surface area contributed by atoms with Crippen LogP contribution in [0.1, 0.15) is 15.9 Å². The van der Waals surface area contributed by atoms with Crippen LogP contribution in [-0.2, 0) is 4.79 Å². The van der Waals surface area contributed by atoms with E-state index in [-0.39, 0.29) is 23.8 Å². The summed E-state index contributed by atoms with van der Waals surface area (Å²) < 4.78 is 1.40. The van der Waals surface area contributed by atoms with Gasteiger partial charge in [-0.15, -0.1) is 0 Å². The highest BCUT2D eigenvalue weighted by Crippen LogP contribution is 2.19. The summed E-state index contributed by atoms with van der Waals surface area (Å²) >= 11 is 0. The molecule has 1 heterocycles. The number of anilines is 3. The largest absolute Gasteiger partial charge is 0.382 e. The number of nitrogen functional groups attached to an aromatic ring is 1. The van der Waals surface area contributed by atoms with Crippen molar-refractivity contribution >= 4 is 35.0 Å². The van der Waals surface area contributed by atoms with Crippen LogP contribution in [-0.4, -0.2) is 34.2 Å². The summed E-state index contributed by atoms with van der Waals surface area (Å²) in [6, 6.07) is 14.3. The SMILES string of the molecule is N#Cc1cnn(-c2ccc(C(=O)Nc3cccc(NC(=O)NCC(N)=O)c3)cc2)c1N. The molecular weight excluding hydrogens is 400 g/mol. The highest BCUT2D eigenvalue weighted by atomic mass is 16.2. The molecule has 2 aromatic carbocycles. The van der Waals surface area contributed by atoms with E-state index in [1.807, 2.05) is 6.07 Å². The Balaban J connectivity index is 1.66. The van der Waals surface area contributed by atoms with Gasteiger partial charge < -0.3 is 27.4 Å². The molecule has 0 unspecified atom stereocenters. The zero-order valence-corrected chi connectivity index (χ0v) is 16.1. The highest BCUT2D eigenvalue weighted by Gasteiger charge is 2.11. The predicted octanol–water partition coefficient (Wildman–Crippen LogP) is 1.19. The Morgan fingerprint density at radius 1 is 1.06 bits per heavy atom. The molecule has 156 valence electrons. The summed E-state index contributed by atoms with van der Waals surface area (Å²) in [5.41, 5.74) is 13.0. The number of carbonyl (C=O) groups excluding carboxylic acids is 3. The first-order valence-electron chi connectivity index (χ1n) is 8.96. The third kappa shape index (κ3) is 5.15. The molecule has 0 fully saturated rings. The van der Waals surface area contributed by atoms with Crippen LogP contribution in [0.3, 0.4) is 0 Å². The number of nitrogens with zero attached hydrogens (tertiary/aromatic N) is 3. The molecule has 4 amide bonds. The zero-order chi connectivity index (χ0) is 22.4. The van der Waals surface area contributed by atoms with Crippen molar-refractivity contribution in [3.05, 3.63) is 65.9 Å². The van der Waals surface area contributed by atoms with Gasteiger partial charge in [0.15, 0.2) is 0 Å². The van der Waals surface area contributed by atoms with Crippen LogP contribution in [0.15, 0.2) is 54.7 Å². The van der Waals surface area contributed by atoms with Crippen molar-refractivity contribution in [2.75, 3.05) is 22.9 Å². The number of benzene rings is 2. The van der Waals surface area contributed by atoms with Crippen molar-refractivity contribution in [1.82, 2.24) is 15.1 Å². The van der Waals surface area contributed by atoms with E-state index in [1.165, 1.54) is 10.9 Å². The maximum absolute atomic E-state index is 12.5. The van der Waals surface area contributed by atoms with Crippen molar-refractivity contribution in [3.8, 4) is 11.8 Å². The molecule has 0 saturated heterocycles. The maximum atomic E-state index is 12.5. The van der Waals surface area contributed by atoms with Crippen LogP contribution in [0.4, 0.5) is 22.0 Å². The van der Waals surface area contributed by atoms with E-state index >= 15 is 0 Å². The third-order valence-electron chi connectivity index (χ3n) is 4.10. The number of amides is 4. The smallest absolute Gasteiger partial charge is 0.319 e. The fourth-order valence-electron chi connectivity index (χ4n) is 2.62. The van der Waals surface area contributed by atoms with Crippen molar-refractivity contribution < 1.29 is 14.4 Å². The third-order valence-corrected chi connectivity index (χ3v) is 4.10. The molecule has 0 aliphatic rings. The van der Waals surface area contributed by atoms with E-state index in [9.17, 15) is 14.4 Å². The number of aromatic nitrogens is 2. The van der Waals surface area contributed by atoms with Gasteiger partial charge in [0.05, 0.1) is 18.4 Å². The van der Waals surface area contributed by atoms with E-state index in [2.05, 4.69) is 21.0 Å². The van der Waals surface area contributed by atoms with Gasteiger partial charge in [0.2, 0.25) is 5.91 Å². The highest BCUT2D eigenvalue weighted by molar-refractivity contribution is 6.04. The van der Waals surface area contributed by atoms with Crippen molar-refractivity contribution in [3.63, 3.8) is 0 Å². The fourth-order valence-corrected chi connectivity index (χ4v) is 2.62. The molecule has 7 N–H and O–H groups in total. The van der Waals surface area contributed by atoms with Crippen LogP contribution in [0.5, 0.6) is 0 Å². The van der Waals surface area contributed by atoms with Crippen LogP contribution in [0.2, 0.25) is 0 Å². The van der Waals surface area contributed by atoms with Crippen LogP contribution in [0.25, 0.3) is 5.69 Å². The van der Waals surface area contributed by atoms with Crippen LogP contribution < -0.4 is 27.4 Å². The Morgan fingerprint density at radius 2 is 1.74 bits per heavy atom. The number of primary amides is 1. The predicted molar refractivity (Wildman–Crippen MR) is 113 cm³/mol. The molecule has 11 nitrogen and oxygen atoms in total. The summed E-state index contributed by atoms with van der Waals surface area (Å²) in [4.78, 5) is 35.0. The van der Waals surface area contributed by atoms with E-state index in [0.29, 0.717) is 22.6 Å². The Bertz CT molecular complexity index is 1180. The molecule has 0 bridgehead atoms. The maximum Gasteiger partial charge on any atom is 0.319 e. The topological polar surface area (TPSA) is 181 Å². The monoisotopic (exact) mass is 418 g/mol. The van der Waals surface area contributed by atoms with E-state index in [0.717, 1.165) is 0 Å². The number of hydrogen-bond donors (Lipinski definition) is 5. The standard InChI is InChI=1S/C20H18N8O3/c21-9-13-10-25-28(18(13)23)16-6-4-12(5-7-16)19(30)26-14-2-1-3-15(8-14)27-20(31)24-11-17(22)29/h1-8,10H,11,23H2,(H2,22,29)(H,26,30)(H2,24,27,31). The van der Waals surface area contributed by atoms with Gasteiger partial charge in [0, 0.05) is 16.9 Å². The van der Waals surface area contributed by atoms with Gasteiger partial charge >= 0.3 is 6.03 Å². The Hall–Kier alpha value is -4.85. The van der Waals surface area contributed by atoms with Gasteiger partial charge in [-0.2, -0.15) is 10.4 Å². The summed E-state index contributed by atoms with van der Waals surface area (Å²) in [6.45, 7) is -0.291. The second-order valence-corrected chi connectivity index (χ2v) is 6.32. The molecule has 0 aliphatic heterocycles. The lowest BCUT2D eigenvalue weighted by molar-refractivity contribution is -0.117. The molecule has 1 aromatic heterocycles. The fraction of sp³-hybridized carbons (Fsp3) is 0.0500. The van der Waals surface area contributed by atoms with Gasteiger partial charge in [0.1, 0.15) is 17.5 Å². The van der Waals surface area contributed by atoms with Crippen molar-refractivity contribution in [2.45, 2.75) is 0 Å². The molecule has 0 radical (unpaired) electrons. The van der Waals surface area contributed by atoms with Crippen LogP contribution in [0, 0.1) is 11.3 Å². The number of hydrogen-bond acceptors (Lipinski definition) is 6. The number of nitrogens with one attached hydrogen (secondary N) is 3. The number of nitrogens with two attached hydrogens (primary N) is 2. The first-order valence-corrected chi connectivity index (χ1v) is 8.96. The average molecular weight is 418 g/mol. The molecule has 3 aromatic rings. The molecule has 0 atom stereocenters. The second-order valence-electron chi connectivity index (χ2n) is 6.32. The summed E-state index contributed by atoms with van der Waals surface area (Å²) in [5, 5.41) is 20.6. The molecular formula is C20H18N8O3. The van der Waals surface area contributed by atoms with Gasteiger partial charge in [-0.25, -0.2) is 9.48 Å². The lowest BCUT2D eigenvalue weighted by Crippen LogP contribution is -2.36. The molecule has 31 heavy (non-hydrogen) atoms. The molecule has 0 aliphatic carbocycles. The summed E-state index contributed by atoms with van der Waals surface area (Å²) in [6.07, 6.45) is 1.37. The molecule has 3 rings (SSSR count). The average Bonchev–Trinajstić information content (AvgIpc) is 3.13. The van der Waals surface area contributed by atoms with Crippen molar-refractivity contribution in [2.24, 2.45) is 5.73 Å². The normalized spacial score (nSPS) is 10.0. The second kappa shape index (κ2) is 9.10. The number of urea groups is 1. The van der Waals surface area contributed by atoms with Crippen LogP contribution >= 0.6 is 0 Å². The van der Waals surface area contributed by atoms with E-state index in [4.69, 9.17) is 16.7 Å². The summed E-state index contributed by atoms with van der Waals surface area (Å²) in [5.74, 6) is -0.820. The minimum Gasteiger partial charge on any atom is -0.382 e. The molecule has 0 saturated carbocycles. The lowest BCUT2D eigenvalue weighted by Gasteiger charge is -2.10. The van der Waals surface area contributed by atoms with Crippen molar-refractivity contribution in [1.29, 1.82) is 5.26 Å². The first-order chi connectivity index (χ1) is 14.9. The Kier molecular flexibility index (Phi) is 6.13. The number of rotatable bonds is 6. The Morgan fingerprint density at radius 3 is 2.35 bits per heavy atom. The first kappa shape index (κ1) is 20.9. The quantitative estimate of drug-likeness (QED) is 0.401. The lowest BCUT2D eigenvalue weighted by atomic mass is 10.2. The summed E-state index contributed by atoms with van der Waals surface area (Å²) in [7, 11) is 0. The van der Waals surface area contributed by atoms with Gasteiger partial charge in [-0.3, -0.25) is 9.59 Å². The minimum atomic E-state index is -0.664. The molecule has 0 spiro atoms. The van der Waals surface area contributed by atoms with E-state index < -0.39 is 11.9 Å². The van der Waals surface area contributed by atoms with Gasteiger partial charge in [0.25, 0.3) is 5.91 Å².